The molecule has 0 radical (unpaired) electrons. The highest BCUT2D eigenvalue weighted by atomic mass is 32.2. The van der Waals surface area contributed by atoms with Gasteiger partial charge >= 0.3 is 5.97 Å². The van der Waals surface area contributed by atoms with Gasteiger partial charge < -0.3 is 5.11 Å². The quantitative estimate of drug-likeness (QED) is 0.630. The van der Waals surface area contributed by atoms with Crippen molar-refractivity contribution >= 4 is 16.8 Å². The molecule has 1 aliphatic heterocycles. The molecule has 1 rings (SSSR count). The monoisotopic (exact) mass is 205 g/mol. The summed E-state index contributed by atoms with van der Waals surface area (Å²) < 4.78 is 11.0. The van der Waals surface area contributed by atoms with Gasteiger partial charge in [-0.05, 0) is 20.8 Å². The Morgan fingerprint density at radius 2 is 2.15 bits per heavy atom. The van der Waals surface area contributed by atoms with E-state index in [4.69, 9.17) is 5.11 Å². The Hall–Kier alpha value is -0.420. The zero-order valence-electron chi connectivity index (χ0n) is 8.03. The van der Waals surface area contributed by atoms with E-state index in [2.05, 4.69) is 5.32 Å². The molecular weight excluding hydrogens is 190 g/mol. The van der Waals surface area contributed by atoms with E-state index in [0.29, 0.717) is 5.75 Å². The van der Waals surface area contributed by atoms with Crippen LogP contribution in [0.4, 0.5) is 0 Å². The fraction of sp³-hybridized carbons (Fsp3) is 0.875. The second kappa shape index (κ2) is 3.38. The zero-order valence-corrected chi connectivity index (χ0v) is 8.85. The molecule has 1 heterocycles. The van der Waals surface area contributed by atoms with Crippen LogP contribution in [0.5, 0.6) is 0 Å². The summed E-state index contributed by atoms with van der Waals surface area (Å²) in [4.78, 5) is 10.9. The summed E-state index contributed by atoms with van der Waals surface area (Å²) in [5, 5.41) is 11.9. The third-order valence-corrected chi connectivity index (χ3v) is 4.59. The number of hydrogen-bond donors (Lipinski definition) is 2. The van der Waals surface area contributed by atoms with Gasteiger partial charge in [0.05, 0.1) is 4.75 Å². The fourth-order valence-corrected chi connectivity index (χ4v) is 2.89. The second-order valence-corrected chi connectivity index (χ2v) is 6.03. The van der Waals surface area contributed by atoms with Gasteiger partial charge in [0.25, 0.3) is 0 Å². The zero-order chi connectivity index (χ0) is 10.2. The summed E-state index contributed by atoms with van der Waals surface area (Å²) >= 11 is 0. The molecule has 1 saturated heterocycles. The Bertz CT molecular complexity index is 252. The summed E-state index contributed by atoms with van der Waals surface area (Å²) in [6, 6.07) is -0.702. The van der Waals surface area contributed by atoms with Crippen molar-refractivity contribution in [3.8, 4) is 0 Å². The number of carboxylic acids is 1. The minimum atomic E-state index is -1.07. The smallest absolute Gasteiger partial charge is 0.322 e. The number of carboxylic acid groups (broad SMARTS) is 1. The van der Waals surface area contributed by atoms with Crippen molar-refractivity contribution in [1.82, 2.24) is 5.32 Å². The van der Waals surface area contributed by atoms with Crippen molar-refractivity contribution in [3.05, 3.63) is 0 Å². The molecule has 13 heavy (non-hydrogen) atoms. The van der Waals surface area contributed by atoms with E-state index >= 15 is 0 Å². The standard InChI is InChI=1S/C8H15NO3S/c1-5-4-13(12)8(2,3)6(9-5)7(10)11/h5-6,9H,4H2,1-3H3,(H,10,11)/t5-,6-,13+/m0/s1. The molecule has 5 heteroatoms. The first-order valence-corrected chi connectivity index (χ1v) is 5.55. The van der Waals surface area contributed by atoms with Crippen LogP contribution in [0.25, 0.3) is 0 Å². The molecule has 1 aliphatic rings. The minimum Gasteiger partial charge on any atom is -0.480 e. The molecule has 0 unspecified atom stereocenters. The molecule has 0 aromatic heterocycles. The minimum absolute atomic E-state index is 0.00922. The lowest BCUT2D eigenvalue weighted by Crippen LogP contribution is -2.62. The second-order valence-electron chi connectivity index (χ2n) is 3.95. The first-order chi connectivity index (χ1) is 5.85. The average Bonchev–Trinajstić information content (AvgIpc) is 1.96. The molecule has 76 valence electrons. The van der Waals surface area contributed by atoms with Gasteiger partial charge in [-0.25, -0.2) is 0 Å². The molecule has 2 N–H and O–H groups in total. The summed E-state index contributed by atoms with van der Waals surface area (Å²) in [7, 11) is -1.07. The molecule has 3 atom stereocenters. The Kier molecular flexibility index (Phi) is 2.77. The lowest BCUT2D eigenvalue weighted by Gasteiger charge is -2.38. The van der Waals surface area contributed by atoms with E-state index in [9.17, 15) is 9.00 Å². The van der Waals surface area contributed by atoms with Crippen molar-refractivity contribution in [2.75, 3.05) is 5.75 Å². The lowest BCUT2D eigenvalue weighted by molar-refractivity contribution is -0.140. The van der Waals surface area contributed by atoms with Crippen LogP contribution in [0.3, 0.4) is 0 Å². The van der Waals surface area contributed by atoms with Crippen LogP contribution in [-0.4, -0.2) is 37.9 Å². The van der Waals surface area contributed by atoms with Crippen LogP contribution in [-0.2, 0) is 15.6 Å². The van der Waals surface area contributed by atoms with Gasteiger partial charge in [-0.1, -0.05) is 0 Å². The average molecular weight is 205 g/mol. The predicted molar refractivity (Wildman–Crippen MR) is 51.1 cm³/mol. The van der Waals surface area contributed by atoms with Crippen LogP contribution < -0.4 is 5.32 Å². The lowest BCUT2D eigenvalue weighted by atomic mass is 10.0. The van der Waals surface area contributed by atoms with E-state index in [0.717, 1.165) is 0 Å². The summed E-state index contributed by atoms with van der Waals surface area (Å²) in [6.45, 7) is 5.30. The number of rotatable bonds is 1. The number of aliphatic carboxylic acids is 1. The van der Waals surface area contributed by atoms with Gasteiger partial charge in [-0.3, -0.25) is 14.3 Å². The SMILES string of the molecule is C[C@H]1C[S@@](=O)C(C)(C)[C@H](C(=O)O)N1. The largest absolute Gasteiger partial charge is 0.480 e. The molecule has 0 amide bonds. The highest BCUT2D eigenvalue weighted by Gasteiger charge is 2.44. The molecule has 0 saturated carbocycles. The van der Waals surface area contributed by atoms with Crippen LogP contribution in [0, 0.1) is 0 Å². The Morgan fingerprint density at radius 1 is 1.62 bits per heavy atom. The van der Waals surface area contributed by atoms with Crippen molar-refractivity contribution < 1.29 is 14.1 Å². The molecule has 0 aromatic carbocycles. The van der Waals surface area contributed by atoms with E-state index in [-0.39, 0.29) is 6.04 Å². The van der Waals surface area contributed by atoms with Gasteiger partial charge in [-0.15, -0.1) is 0 Å². The predicted octanol–water partition coefficient (Wildman–Crippen LogP) is -0.0414. The van der Waals surface area contributed by atoms with Gasteiger partial charge in [0.2, 0.25) is 0 Å². The fourth-order valence-electron chi connectivity index (χ4n) is 1.48. The van der Waals surface area contributed by atoms with Crippen LogP contribution in [0.15, 0.2) is 0 Å². The highest BCUT2D eigenvalue weighted by molar-refractivity contribution is 7.86. The summed E-state index contributed by atoms with van der Waals surface area (Å²) in [6.07, 6.45) is 0. The highest BCUT2D eigenvalue weighted by Crippen LogP contribution is 2.23. The topological polar surface area (TPSA) is 66.4 Å². The maximum Gasteiger partial charge on any atom is 0.322 e. The number of nitrogens with one attached hydrogen (secondary N) is 1. The van der Waals surface area contributed by atoms with Crippen LogP contribution in [0.2, 0.25) is 0 Å². The Balaban J connectivity index is 2.92. The van der Waals surface area contributed by atoms with Gasteiger partial charge in [0.1, 0.15) is 6.04 Å². The molecular formula is C8H15NO3S. The van der Waals surface area contributed by atoms with Crippen LogP contribution in [0.1, 0.15) is 20.8 Å². The molecule has 0 aliphatic carbocycles. The summed E-state index contributed by atoms with van der Waals surface area (Å²) in [5.41, 5.74) is 0. The number of hydrogen-bond acceptors (Lipinski definition) is 3. The first kappa shape index (κ1) is 10.7. The van der Waals surface area contributed by atoms with E-state index in [1.54, 1.807) is 13.8 Å². The van der Waals surface area contributed by atoms with Crippen molar-refractivity contribution in [2.24, 2.45) is 0 Å². The van der Waals surface area contributed by atoms with Crippen molar-refractivity contribution in [3.63, 3.8) is 0 Å². The van der Waals surface area contributed by atoms with E-state index in [1.807, 2.05) is 6.92 Å². The van der Waals surface area contributed by atoms with E-state index < -0.39 is 27.6 Å². The van der Waals surface area contributed by atoms with Gasteiger partial charge in [0.15, 0.2) is 0 Å². The Labute approximate surface area is 80.2 Å². The third-order valence-electron chi connectivity index (χ3n) is 2.38. The first-order valence-electron chi connectivity index (χ1n) is 4.23. The Morgan fingerprint density at radius 3 is 2.62 bits per heavy atom. The molecule has 0 aromatic rings. The molecule has 0 bridgehead atoms. The summed E-state index contributed by atoms with van der Waals surface area (Å²) in [5.74, 6) is -0.401. The maximum absolute atomic E-state index is 11.6. The van der Waals surface area contributed by atoms with Gasteiger partial charge in [0, 0.05) is 22.6 Å². The third kappa shape index (κ3) is 1.91. The van der Waals surface area contributed by atoms with Crippen molar-refractivity contribution in [1.29, 1.82) is 0 Å². The molecule has 0 spiro atoms. The van der Waals surface area contributed by atoms with Gasteiger partial charge in [-0.2, -0.15) is 0 Å². The number of carbonyl (C=O) groups is 1. The van der Waals surface area contributed by atoms with Crippen LogP contribution >= 0.6 is 0 Å². The van der Waals surface area contributed by atoms with Crippen molar-refractivity contribution in [2.45, 2.75) is 37.6 Å². The van der Waals surface area contributed by atoms with E-state index in [1.165, 1.54) is 0 Å². The maximum atomic E-state index is 11.6. The molecule has 1 fully saturated rings. The normalized spacial score (nSPS) is 38.5. The molecule has 4 nitrogen and oxygen atoms in total.